The molecule has 164 valence electrons. The van der Waals surface area contributed by atoms with Gasteiger partial charge in [-0.2, -0.15) is 0 Å². The molecular weight excluding hydrogens is 475 g/mol. The van der Waals surface area contributed by atoms with Gasteiger partial charge in [-0.05, 0) is 73.4 Å². The van der Waals surface area contributed by atoms with Crippen LogP contribution in [0.5, 0.6) is 5.75 Å². The first-order valence-corrected chi connectivity index (χ1v) is 12.7. The van der Waals surface area contributed by atoms with Gasteiger partial charge in [0.1, 0.15) is 28.9 Å². The van der Waals surface area contributed by atoms with Gasteiger partial charge in [0.15, 0.2) is 0 Å². The normalized spacial score (nSPS) is 11.0. The van der Waals surface area contributed by atoms with E-state index in [4.69, 9.17) is 4.74 Å². The number of hydrogen-bond acceptors (Lipinski definition) is 1. The summed E-state index contributed by atoms with van der Waals surface area (Å²) in [6.07, 6.45) is 0.984. The minimum atomic E-state index is -1.95. The van der Waals surface area contributed by atoms with Gasteiger partial charge in [-0.15, -0.1) is 0 Å². The average Bonchev–Trinajstić information content (AvgIpc) is 2.79. The molecular formula is C29H30BrOP. The molecule has 0 aliphatic carbocycles. The lowest BCUT2D eigenvalue weighted by Gasteiger charge is -2.31. The number of halogens is 1. The van der Waals surface area contributed by atoms with Crippen LogP contribution in [0.4, 0.5) is 0 Å². The summed E-state index contributed by atoms with van der Waals surface area (Å²) < 4.78 is 5.42. The Morgan fingerprint density at radius 1 is 0.562 bits per heavy atom. The first-order valence-electron chi connectivity index (χ1n) is 10.8. The third-order valence-electron chi connectivity index (χ3n) is 6.16. The fourth-order valence-corrected chi connectivity index (χ4v) is 9.72. The third kappa shape index (κ3) is 4.53. The highest BCUT2D eigenvalue weighted by Crippen LogP contribution is 2.60. The van der Waals surface area contributed by atoms with E-state index in [1.165, 1.54) is 38.2 Å². The van der Waals surface area contributed by atoms with Gasteiger partial charge in [-0.3, -0.25) is 0 Å². The van der Waals surface area contributed by atoms with E-state index >= 15 is 0 Å². The predicted octanol–water partition coefficient (Wildman–Crippen LogP) is 3.12. The highest BCUT2D eigenvalue weighted by atomic mass is 79.9. The zero-order valence-electron chi connectivity index (χ0n) is 19.2. The molecule has 0 aliphatic heterocycles. The average molecular weight is 505 g/mol. The molecule has 4 aromatic rings. The van der Waals surface area contributed by atoms with E-state index in [9.17, 15) is 0 Å². The van der Waals surface area contributed by atoms with Crippen LogP contribution in [0.25, 0.3) is 0 Å². The van der Waals surface area contributed by atoms with Crippen LogP contribution in [0.2, 0.25) is 0 Å². The lowest BCUT2D eigenvalue weighted by molar-refractivity contribution is -0.00000663. The van der Waals surface area contributed by atoms with Crippen molar-refractivity contribution < 1.29 is 21.7 Å². The Balaban J connectivity index is 0.00000289. The van der Waals surface area contributed by atoms with E-state index < -0.39 is 7.26 Å². The molecule has 0 aliphatic rings. The Kier molecular flexibility index (Phi) is 7.93. The van der Waals surface area contributed by atoms with E-state index in [1.807, 2.05) is 0 Å². The van der Waals surface area contributed by atoms with E-state index in [1.54, 1.807) is 7.11 Å². The molecule has 0 unspecified atom stereocenters. The van der Waals surface area contributed by atoms with Crippen molar-refractivity contribution in [3.05, 3.63) is 119 Å². The molecule has 0 bridgehead atoms. The Hall–Kier alpha value is -2.41. The second kappa shape index (κ2) is 10.5. The van der Waals surface area contributed by atoms with Crippen molar-refractivity contribution in [3.8, 4) is 5.75 Å². The summed E-state index contributed by atoms with van der Waals surface area (Å²) >= 11 is 0. The number of benzene rings is 4. The number of methoxy groups -OCH3 is 1. The molecule has 32 heavy (non-hydrogen) atoms. The minimum Gasteiger partial charge on any atom is -1.00 e. The first kappa shape index (κ1) is 24.2. The fourth-order valence-electron chi connectivity index (χ4n) is 4.62. The van der Waals surface area contributed by atoms with Crippen LogP contribution in [0.1, 0.15) is 22.3 Å². The van der Waals surface area contributed by atoms with Gasteiger partial charge in [0.25, 0.3) is 0 Å². The summed E-state index contributed by atoms with van der Waals surface area (Å²) in [7, 11) is -0.230. The molecule has 0 spiro atoms. The van der Waals surface area contributed by atoms with Crippen LogP contribution < -0.4 is 37.6 Å². The molecule has 0 radical (unpaired) electrons. The van der Waals surface area contributed by atoms with Crippen molar-refractivity contribution in [1.82, 2.24) is 0 Å². The molecule has 0 fully saturated rings. The lowest BCUT2D eigenvalue weighted by atomic mass is 10.2. The second-order valence-electron chi connectivity index (χ2n) is 8.18. The standard InChI is InChI=1S/C29H30OP.BrH/c1-22-11-5-8-14-27(22)31(28-15-9-6-12-23(28)2,29-16-10-7-13-24(29)3)21-25-17-19-26(30-4)20-18-25;/h5-20H,21H2,1-4H3;1H/q+1;/p-1. The molecule has 4 aromatic carbocycles. The molecule has 3 heteroatoms. The Morgan fingerprint density at radius 2 is 0.938 bits per heavy atom. The molecule has 0 aromatic heterocycles. The maximum absolute atomic E-state index is 5.42. The van der Waals surface area contributed by atoms with Crippen LogP contribution in [-0.4, -0.2) is 7.11 Å². The van der Waals surface area contributed by atoms with Gasteiger partial charge in [0.05, 0.1) is 13.3 Å². The molecule has 1 nitrogen and oxygen atoms in total. The van der Waals surface area contributed by atoms with Crippen LogP contribution in [0.15, 0.2) is 97.1 Å². The number of ether oxygens (including phenoxy) is 1. The van der Waals surface area contributed by atoms with Crippen molar-refractivity contribution in [3.63, 3.8) is 0 Å². The van der Waals surface area contributed by atoms with E-state index in [0.29, 0.717) is 0 Å². The van der Waals surface area contributed by atoms with Gasteiger partial charge in [0, 0.05) is 0 Å². The lowest BCUT2D eigenvalue weighted by Crippen LogP contribution is -3.00. The largest absolute Gasteiger partial charge is 1.00 e. The molecule has 0 saturated carbocycles. The Morgan fingerprint density at radius 3 is 1.28 bits per heavy atom. The van der Waals surface area contributed by atoms with Gasteiger partial charge < -0.3 is 21.7 Å². The van der Waals surface area contributed by atoms with Crippen LogP contribution in [-0.2, 0) is 6.16 Å². The third-order valence-corrected chi connectivity index (χ3v) is 11.0. The van der Waals surface area contributed by atoms with Gasteiger partial charge >= 0.3 is 0 Å². The SMILES string of the molecule is COc1ccc(C[P+](c2ccccc2C)(c2ccccc2C)c2ccccc2C)cc1.[Br-]. The summed E-state index contributed by atoms with van der Waals surface area (Å²) in [5.74, 6) is 0.898. The molecule has 0 amide bonds. The molecule has 4 rings (SSSR count). The molecule has 0 saturated heterocycles. The number of aryl methyl sites for hydroxylation is 3. The van der Waals surface area contributed by atoms with Gasteiger partial charge in [-0.25, -0.2) is 0 Å². The molecule has 0 heterocycles. The zero-order valence-corrected chi connectivity index (χ0v) is 21.7. The molecule has 0 atom stereocenters. The summed E-state index contributed by atoms with van der Waals surface area (Å²) in [4.78, 5) is 0. The van der Waals surface area contributed by atoms with Crippen LogP contribution >= 0.6 is 7.26 Å². The maximum atomic E-state index is 5.42. The number of rotatable bonds is 6. The smallest absolute Gasteiger partial charge is 0.118 e. The van der Waals surface area contributed by atoms with Crippen molar-refractivity contribution in [1.29, 1.82) is 0 Å². The molecule has 0 N–H and O–H groups in total. The van der Waals surface area contributed by atoms with E-state index in [-0.39, 0.29) is 17.0 Å². The summed E-state index contributed by atoms with van der Waals surface area (Å²) in [5.41, 5.74) is 5.41. The maximum Gasteiger partial charge on any atom is 0.118 e. The quantitative estimate of drug-likeness (QED) is 0.366. The van der Waals surface area contributed by atoms with Crippen LogP contribution in [0, 0.1) is 20.8 Å². The summed E-state index contributed by atoms with van der Waals surface area (Å²) in [6, 6.07) is 35.5. The zero-order chi connectivity index (χ0) is 21.8. The summed E-state index contributed by atoms with van der Waals surface area (Å²) in [5, 5.41) is 4.40. The van der Waals surface area contributed by atoms with Gasteiger partial charge in [0.2, 0.25) is 0 Å². The minimum absolute atomic E-state index is 0. The fraction of sp³-hybridized carbons (Fsp3) is 0.172. The van der Waals surface area contributed by atoms with Crippen molar-refractivity contribution in [2.75, 3.05) is 7.11 Å². The monoisotopic (exact) mass is 504 g/mol. The van der Waals surface area contributed by atoms with E-state index in [2.05, 4.69) is 118 Å². The highest BCUT2D eigenvalue weighted by molar-refractivity contribution is 7.95. The predicted molar refractivity (Wildman–Crippen MR) is 136 cm³/mol. The van der Waals surface area contributed by atoms with Crippen molar-refractivity contribution >= 4 is 23.2 Å². The topological polar surface area (TPSA) is 9.23 Å². The number of hydrogen-bond donors (Lipinski definition) is 0. The van der Waals surface area contributed by atoms with Crippen molar-refractivity contribution in [2.24, 2.45) is 0 Å². The van der Waals surface area contributed by atoms with Crippen LogP contribution in [0.3, 0.4) is 0 Å². The Bertz CT molecular complexity index is 1070. The van der Waals surface area contributed by atoms with E-state index in [0.717, 1.165) is 11.9 Å². The summed E-state index contributed by atoms with van der Waals surface area (Å²) in [6.45, 7) is 6.78. The Labute approximate surface area is 203 Å². The van der Waals surface area contributed by atoms with Gasteiger partial charge in [-0.1, -0.05) is 66.7 Å². The second-order valence-corrected chi connectivity index (χ2v) is 11.6. The van der Waals surface area contributed by atoms with Crippen molar-refractivity contribution in [2.45, 2.75) is 26.9 Å². The highest BCUT2D eigenvalue weighted by Gasteiger charge is 2.48. The first-order chi connectivity index (χ1) is 15.1.